The number of hydrogen-bond donors (Lipinski definition) is 1. The highest BCUT2D eigenvalue weighted by Crippen LogP contribution is 2.31. The van der Waals surface area contributed by atoms with E-state index in [-0.39, 0.29) is 12.4 Å². The van der Waals surface area contributed by atoms with E-state index in [0.29, 0.717) is 24.9 Å². The number of alkyl halides is 3. The molecule has 0 bridgehead atoms. The first-order chi connectivity index (χ1) is 23.6. The molecule has 0 unspecified atom stereocenters. The van der Waals surface area contributed by atoms with Crippen LogP contribution in [0.5, 0.6) is 5.75 Å². The second-order valence-corrected chi connectivity index (χ2v) is 12.4. The summed E-state index contributed by atoms with van der Waals surface area (Å²) >= 11 is 0. The second-order valence-electron chi connectivity index (χ2n) is 12.4. The van der Waals surface area contributed by atoms with Crippen molar-refractivity contribution in [3.05, 3.63) is 64.2 Å². The van der Waals surface area contributed by atoms with Crippen LogP contribution in [0.25, 0.3) is 0 Å². The summed E-state index contributed by atoms with van der Waals surface area (Å²) in [6, 6.07) is 5.01. The van der Waals surface area contributed by atoms with Gasteiger partial charge in [0.1, 0.15) is 5.75 Å². The summed E-state index contributed by atoms with van der Waals surface area (Å²) in [4.78, 5) is 26.8. The molecule has 0 saturated carbocycles. The first kappa shape index (κ1) is 45.9. The predicted molar refractivity (Wildman–Crippen MR) is 193 cm³/mol. The molecule has 1 aliphatic heterocycles. The number of allylic oxidation sites excluding steroid dienone is 3. The predicted octanol–water partition coefficient (Wildman–Crippen LogP) is 10.2. The average molecular weight is 700 g/mol. The molecule has 1 saturated heterocycles. The molecular formula is C38H64F3N3O5. The van der Waals surface area contributed by atoms with Gasteiger partial charge in [0.15, 0.2) is 0 Å². The van der Waals surface area contributed by atoms with Crippen molar-refractivity contribution in [1.82, 2.24) is 10.2 Å². The fourth-order valence-electron chi connectivity index (χ4n) is 5.45. The van der Waals surface area contributed by atoms with Crippen molar-refractivity contribution < 1.29 is 32.6 Å². The van der Waals surface area contributed by atoms with Crippen LogP contribution in [-0.4, -0.2) is 55.8 Å². The van der Waals surface area contributed by atoms with Gasteiger partial charge in [0.2, 0.25) is 6.41 Å². The van der Waals surface area contributed by atoms with E-state index in [2.05, 4.69) is 67.1 Å². The zero-order chi connectivity index (χ0) is 36.6. The topological polar surface area (TPSA) is 93.9 Å². The largest absolute Gasteiger partial charge is 0.493 e. The van der Waals surface area contributed by atoms with Crippen molar-refractivity contribution in [3.8, 4) is 5.75 Å². The molecule has 49 heavy (non-hydrogen) atoms. The SMILES string of the molecule is CC/C=C\CCCC.CCCC(/C=C/CCOc1cccc(C(F)(F)F)c1)CCC.O=CNCCCN1CCC(CCCO[N+](=O)[O-])CC1. The molecule has 1 heterocycles. The van der Waals surface area contributed by atoms with Gasteiger partial charge in [-0.3, -0.25) is 4.79 Å². The van der Waals surface area contributed by atoms with E-state index >= 15 is 0 Å². The van der Waals surface area contributed by atoms with Gasteiger partial charge in [0.05, 0.1) is 18.8 Å². The van der Waals surface area contributed by atoms with Crippen molar-refractivity contribution in [2.24, 2.45) is 11.8 Å². The van der Waals surface area contributed by atoms with Crippen LogP contribution in [0.3, 0.4) is 0 Å². The molecule has 282 valence electrons. The fraction of sp³-hybridized carbons (Fsp3) is 0.711. The van der Waals surface area contributed by atoms with Crippen LogP contribution >= 0.6 is 0 Å². The number of nitrogens with zero attached hydrogens (tertiary/aromatic N) is 2. The van der Waals surface area contributed by atoms with Crippen molar-refractivity contribution in [2.45, 2.75) is 124 Å². The summed E-state index contributed by atoms with van der Waals surface area (Å²) in [6.07, 6.45) is 20.8. The van der Waals surface area contributed by atoms with E-state index in [1.54, 1.807) is 6.07 Å². The number of rotatable bonds is 23. The van der Waals surface area contributed by atoms with Gasteiger partial charge in [-0.15, -0.1) is 10.1 Å². The Bertz CT molecular complexity index is 993. The normalized spacial score (nSPS) is 13.9. The van der Waals surface area contributed by atoms with Crippen LogP contribution < -0.4 is 10.1 Å². The number of carbonyl (C=O) groups excluding carboxylic acids is 1. The first-order valence-electron chi connectivity index (χ1n) is 18.4. The molecule has 1 aromatic carbocycles. The number of nitrogens with one attached hydrogen (secondary N) is 1. The van der Waals surface area contributed by atoms with Crippen LogP contribution in [0.1, 0.15) is 123 Å². The molecule has 1 amide bonds. The van der Waals surface area contributed by atoms with Crippen LogP contribution in [0.15, 0.2) is 48.6 Å². The Labute approximate surface area is 294 Å². The Morgan fingerprint density at radius 3 is 2.29 bits per heavy atom. The average Bonchev–Trinajstić information content (AvgIpc) is 3.08. The number of benzene rings is 1. The minimum Gasteiger partial charge on any atom is -0.493 e. The third-order valence-corrected chi connectivity index (χ3v) is 8.11. The molecule has 0 radical (unpaired) electrons. The lowest BCUT2D eigenvalue weighted by molar-refractivity contribution is -0.757. The number of halogens is 3. The lowest BCUT2D eigenvalue weighted by Crippen LogP contribution is -2.35. The minimum atomic E-state index is -4.33. The Hall–Kier alpha value is -3.08. The van der Waals surface area contributed by atoms with Crippen LogP contribution in [-0.2, 0) is 15.8 Å². The maximum Gasteiger partial charge on any atom is 0.416 e. The summed E-state index contributed by atoms with van der Waals surface area (Å²) in [5.41, 5.74) is -0.675. The van der Waals surface area contributed by atoms with Gasteiger partial charge in [-0.25, -0.2) is 0 Å². The van der Waals surface area contributed by atoms with Crippen molar-refractivity contribution in [3.63, 3.8) is 0 Å². The summed E-state index contributed by atoms with van der Waals surface area (Å²) in [7, 11) is 0. The molecule has 1 fully saturated rings. The van der Waals surface area contributed by atoms with E-state index in [1.165, 1.54) is 44.6 Å². The van der Waals surface area contributed by atoms with Gasteiger partial charge < -0.3 is 19.8 Å². The lowest BCUT2D eigenvalue weighted by Gasteiger charge is -2.31. The summed E-state index contributed by atoms with van der Waals surface area (Å²) in [5.74, 6) is 1.53. The van der Waals surface area contributed by atoms with E-state index in [9.17, 15) is 28.1 Å². The third kappa shape index (κ3) is 27.4. The number of ether oxygens (including phenoxy) is 1. The molecule has 0 spiro atoms. The monoisotopic (exact) mass is 699 g/mol. The maximum absolute atomic E-state index is 12.6. The molecule has 0 atom stereocenters. The van der Waals surface area contributed by atoms with E-state index in [0.717, 1.165) is 89.7 Å². The highest BCUT2D eigenvalue weighted by Gasteiger charge is 2.30. The Morgan fingerprint density at radius 2 is 1.69 bits per heavy atom. The molecule has 0 aliphatic carbocycles. The zero-order valence-corrected chi connectivity index (χ0v) is 30.6. The highest BCUT2D eigenvalue weighted by atomic mass is 19.4. The summed E-state index contributed by atoms with van der Waals surface area (Å²) in [5, 5.41) is 11.9. The Morgan fingerprint density at radius 1 is 0.980 bits per heavy atom. The van der Waals surface area contributed by atoms with Gasteiger partial charge in [0.25, 0.3) is 5.09 Å². The number of hydrogen-bond acceptors (Lipinski definition) is 6. The minimum absolute atomic E-state index is 0.213. The zero-order valence-electron chi connectivity index (χ0n) is 30.6. The molecule has 1 aliphatic rings. The molecular weight excluding hydrogens is 635 g/mol. The number of piperidine rings is 1. The number of unbranched alkanes of at least 4 members (excludes halogenated alkanes) is 2. The van der Waals surface area contributed by atoms with Gasteiger partial charge in [-0.2, -0.15) is 13.2 Å². The molecule has 2 rings (SSSR count). The van der Waals surface area contributed by atoms with Crippen LogP contribution in [0, 0.1) is 22.0 Å². The van der Waals surface area contributed by atoms with Crippen LogP contribution in [0.2, 0.25) is 0 Å². The fourth-order valence-corrected chi connectivity index (χ4v) is 5.45. The van der Waals surface area contributed by atoms with Crippen molar-refractivity contribution in [2.75, 3.05) is 39.4 Å². The molecule has 8 nitrogen and oxygen atoms in total. The van der Waals surface area contributed by atoms with Crippen LogP contribution in [0.4, 0.5) is 13.2 Å². The molecule has 0 aromatic heterocycles. The van der Waals surface area contributed by atoms with Gasteiger partial charge in [-0.1, -0.05) is 83.7 Å². The van der Waals surface area contributed by atoms with E-state index < -0.39 is 16.8 Å². The third-order valence-electron chi connectivity index (χ3n) is 8.11. The van der Waals surface area contributed by atoms with Crippen molar-refractivity contribution in [1.29, 1.82) is 0 Å². The molecule has 1 N–H and O–H groups in total. The first-order valence-corrected chi connectivity index (χ1v) is 18.4. The van der Waals surface area contributed by atoms with Crippen molar-refractivity contribution >= 4 is 6.41 Å². The molecule has 1 aromatic rings. The van der Waals surface area contributed by atoms with E-state index in [1.807, 2.05) is 0 Å². The summed E-state index contributed by atoms with van der Waals surface area (Å²) < 4.78 is 43.1. The van der Waals surface area contributed by atoms with Gasteiger partial charge in [0, 0.05) is 6.54 Å². The highest BCUT2D eigenvalue weighted by molar-refractivity contribution is 5.45. The standard InChI is InChI=1S/C18H25F3O.C12H23N3O4.C8H16/c1-3-8-15(9-4-2)10-5-6-13-22-17-12-7-11-16(14-17)18(19,20)21;16-11-13-6-2-7-14-8-4-12(5-9-14)3-1-10-19-15(17)18;1-3-5-7-8-6-4-2/h5,7,10-12,14-15H,3-4,6,8-9,13H2,1-2H3;11-12H,1-10H2,(H,13,16);5,7H,3-4,6,8H2,1-2H3/b10-5+;;7-5-. The van der Waals surface area contributed by atoms with Gasteiger partial charge in [-0.05, 0) is 114 Å². The smallest absolute Gasteiger partial charge is 0.416 e. The maximum atomic E-state index is 12.6. The number of likely N-dealkylation sites (tertiary alicyclic amines) is 1. The second kappa shape index (κ2) is 30.9. The summed E-state index contributed by atoms with van der Waals surface area (Å²) in [6.45, 7) is 13.3. The Kier molecular flexibility index (Phi) is 29.0. The Balaban J connectivity index is 0.000000777. The lowest BCUT2D eigenvalue weighted by atomic mass is 9.92. The van der Waals surface area contributed by atoms with Gasteiger partial charge >= 0.3 is 6.18 Å². The quantitative estimate of drug-likeness (QED) is 0.0402. The molecule has 11 heteroatoms. The number of amides is 1. The number of carbonyl (C=O) groups is 1. The van der Waals surface area contributed by atoms with E-state index in [4.69, 9.17) is 4.74 Å².